The fourth-order valence-electron chi connectivity index (χ4n) is 1.07. The maximum Gasteiger partial charge on any atom is 0.176 e. The van der Waals surface area contributed by atoms with Crippen LogP contribution in [0.25, 0.3) is 10.4 Å². The highest BCUT2D eigenvalue weighted by molar-refractivity contribution is 5.97. The van der Waals surface area contributed by atoms with E-state index in [1.165, 1.54) is 0 Å². The van der Waals surface area contributed by atoms with E-state index in [0.29, 0.717) is 5.56 Å². The Labute approximate surface area is 92.9 Å². The monoisotopic (exact) mass is 214 g/mol. The first kappa shape index (κ1) is 11.8. The van der Waals surface area contributed by atoms with Crippen molar-refractivity contribution < 1.29 is 4.79 Å². The number of hydrogen-bond acceptors (Lipinski definition) is 3. The maximum absolute atomic E-state index is 11.2. The first-order chi connectivity index (χ1) is 7.77. The number of benzene rings is 1. The molecule has 0 bridgehead atoms. The van der Waals surface area contributed by atoms with Crippen LogP contribution in [0.1, 0.15) is 15.9 Å². The van der Waals surface area contributed by atoms with E-state index in [2.05, 4.69) is 21.9 Å². The summed E-state index contributed by atoms with van der Waals surface area (Å²) in [5.74, 6) is 5.39. The number of rotatable bonds is 3. The molecule has 5 nitrogen and oxygen atoms in total. The van der Waals surface area contributed by atoms with Crippen molar-refractivity contribution in [3.63, 3.8) is 0 Å². The Balaban J connectivity index is 2.74. The molecule has 0 amide bonds. The zero-order chi connectivity index (χ0) is 11.8. The van der Waals surface area contributed by atoms with Crippen LogP contribution in [0.2, 0.25) is 0 Å². The lowest BCUT2D eigenvalue weighted by Gasteiger charge is -1.96. The summed E-state index contributed by atoms with van der Waals surface area (Å²) in [7, 11) is 0. The van der Waals surface area contributed by atoms with Crippen molar-refractivity contribution in [1.29, 1.82) is 0 Å². The molecule has 2 N–H and O–H groups in total. The van der Waals surface area contributed by atoms with Crippen molar-refractivity contribution >= 4 is 5.78 Å². The lowest BCUT2D eigenvalue weighted by atomic mass is 10.1. The fraction of sp³-hybridized carbons (Fsp3) is 0.182. The number of Topliss-reactive ketones (excluding diaryl/α,β-unsaturated/α-hetero) is 1. The number of carbonyl (C=O) groups is 1. The van der Waals surface area contributed by atoms with Gasteiger partial charge < -0.3 is 5.73 Å². The fourth-order valence-corrected chi connectivity index (χ4v) is 1.07. The molecule has 0 aliphatic carbocycles. The van der Waals surface area contributed by atoms with Gasteiger partial charge in [-0.25, -0.2) is 0 Å². The van der Waals surface area contributed by atoms with Gasteiger partial charge in [-0.1, -0.05) is 29.1 Å². The number of ketones is 1. The average Bonchev–Trinajstić information content (AvgIpc) is 2.34. The second kappa shape index (κ2) is 6.25. The summed E-state index contributed by atoms with van der Waals surface area (Å²) in [6, 6.07) is 6.80. The van der Waals surface area contributed by atoms with Crippen LogP contribution < -0.4 is 5.73 Å². The van der Waals surface area contributed by atoms with Crippen molar-refractivity contribution in [2.75, 3.05) is 13.1 Å². The molecule has 0 fully saturated rings. The Kier molecular flexibility index (Phi) is 4.61. The van der Waals surface area contributed by atoms with Crippen molar-refractivity contribution in [3.05, 3.63) is 45.8 Å². The Morgan fingerprint density at radius 2 is 2.12 bits per heavy atom. The Morgan fingerprint density at radius 1 is 1.44 bits per heavy atom. The quantitative estimate of drug-likeness (QED) is 0.271. The summed E-state index contributed by atoms with van der Waals surface area (Å²) in [5, 5.41) is 3.28. The van der Waals surface area contributed by atoms with Crippen LogP contribution >= 0.6 is 0 Å². The lowest BCUT2D eigenvalue weighted by molar-refractivity contribution is 0.100. The molecule has 1 rings (SSSR count). The van der Waals surface area contributed by atoms with Gasteiger partial charge in [0.05, 0.1) is 13.1 Å². The van der Waals surface area contributed by atoms with Crippen molar-refractivity contribution in [1.82, 2.24) is 0 Å². The minimum Gasteiger partial charge on any atom is -0.324 e. The average molecular weight is 214 g/mol. The SMILES string of the molecule is [N-]=[N+]=NCC#Cc1ccc(C(=O)CN)cc1. The van der Waals surface area contributed by atoms with E-state index < -0.39 is 0 Å². The minimum absolute atomic E-state index is 0.00189. The molecule has 0 atom stereocenters. The summed E-state index contributed by atoms with van der Waals surface area (Å²) in [5.41, 5.74) is 14.6. The number of azide groups is 1. The minimum atomic E-state index is -0.103. The predicted octanol–water partition coefficient (Wildman–Crippen LogP) is 1.49. The Hall–Kier alpha value is -2.28. The largest absolute Gasteiger partial charge is 0.324 e. The molecular weight excluding hydrogens is 204 g/mol. The molecule has 0 spiro atoms. The van der Waals surface area contributed by atoms with Gasteiger partial charge >= 0.3 is 0 Å². The molecule has 16 heavy (non-hydrogen) atoms. The molecule has 0 saturated heterocycles. The second-order valence-electron chi connectivity index (χ2n) is 2.90. The molecule has 0 saturated carbocycles. The summed E-state index contributed by atoms with van der Waals surface area (Å²) in [6.45, 7) is 0.141. The van der Waals surface area contributed by atoms with Crippen molar-refractivity contribution in [2.45, 2.75) is 0 Å². The van der Waals surface area contributed by atoms with Crippen LogP contribution in [0.4, 0.5) is 0 Å². The van der Waals surface area contributed by atoms with Gasteiger partial charge in [-0.3, -0.25) is 4.79 Å². The van der Waals surface area contributed by atoms with Crippen LogP contribution in [-0.4, -0.2) is 18.9 Å². The van der Waals surface area contributed by atoms with Crippen LogP contribution in [-0.2, 0) is 0 Å². The first-order valence-corrected chi connectivity index (χ1v) is 4.61. The zero-order valence-corrected chi connectivity index (χ0v) is 8.55. The normalized spacial score (nSPS) is 8.56. The zero-order valence-electron chi connectivity index (χ0n) is 8.55. The predicted molar refractivity (Wildman–Crippen MR) is 60.7 cm³/mol. The Bertz CT molecular complexity index is 475. The third kappa shape index (κ3) is 3.46. The highest BCUT2D eigenvalue weighted by Crippen LogP contribution is 2.03. The van der Waals surface area contributed by atoms with E-state index in [9.17, 15) is 4.79 Å². The van der Waals surface area contributed by atoms with Crippen LogP contribution in [0.5, 0.6) is 0 Å². The molecular formula is C11H10N4O. The maximum atomic E-state index is 11.2. The molecule has 5 heteroatoms. The summed E-state index contributed by atoms with van der Waals surface area (Å²) in [6.07, 6.45) is 0. The molecule has 1 aromatic rings. The lowest BCUT2D eigenvalue weighted by Crippen LogP contribution is -2.13. The van der Waals surface area contributed by atoms with Crippen molar-refractivity contribution in [3.8, 4) is 11.8 Å². The standard InChI is InChI=1S/C11H10N4O/c12-8-11(16)10-5-3-9(4-6-10)2-1-7-14-15-13/h3-6H,7-8,12H2. The van der Waals surface area contributed by atoms with Crippen LogP contribution in [0.15, 0.2) is 29.4 Å². The van der Waals surface area contributed by atoms with E-state index in [4.69, 9.17) is 11.3 Å². The van der Waals surface area contributed by atoms with E-state index in [0.717, 1.165) is 5.56 Å². The van der Waals surface area contributed by atoms with Gasteiger partial charge in [0.15, 0.2) is 5.78 Å². The van der Waals surface area contributed by atoms with E-state index >= 15 is 0 Å². The summed E-state index contributed by atoms with van der Waals surface area (Å²) in [4.78, 5) is 13.8. The van der Waals surface area contributed by atoms with Gasteiger partial charge in [0.25, 0.3) is 0 Å². The number of carbonyl (C=O) groups excluding carboxylic acids is 1. The van der Waals surface area contributed by atoms with Gasteiger partial charge in [0, 0.05) is 16.0 Å². The molecule has 0 aliphatic rings. The van der Waals surface area contributed by atoms with Gasteiger partial charge in [-0.05, 0) is 17.7 Å². The third-order valence-corrected chi connectivity index (χ3v) is 1.84. The number of nitrogens with zero attached hydrogens (tertiary/aromatic N) is 3. The van der Waals surface area contributed by atoms with Gasteiger partial charge in [0.2, 0.25) is 0 Å². The second-order valence-corrected chi connectivity index (χ2v) is 2.90. The van der Waals surface area contributed by atoms with Crippen molar-refractivity contribution in [2.24, 2.45) is 10.8 Å². The van der Waals surface area contributed by atoms with Gasteiger partial charge in [0.1, 0.15) is 0 Å². The van der Waals surface area contributed by atoms with Crippen LogP contribution in [0, 0.1) is 11.8 Å². The van der Waals surface area contributed by atoms with E-state index in [1.54, 1.807) is 24.3 Å². The molecule has 80 valence electrons. The molecule has 0 heterocycles. The smallest absolute Gasteiger partial charge is 0.176 e. The molecule has 1 aromatic carbocycles. The number of nitrogens with two attached hydrogens (primary N) is 1. The topological polar surface area (TPSA) is 91.9 Å². The molecule has 0 aromatic heterocycles. The first-order valence-electron chi connectivity index (χ1n) is 4.61. The third-order valence-electron chi connectivity index (χ3n) is 1.84. The molecule has 0 unspecified atom stereocenters. The Morgan fingerprint density at radius 3 is 2.69 bits per heavy atom. The highest BCUT2D eigenvalue weighted by atomic mass is 16.1. The van der Waals surface area contributed by atoms with E-state index in [1.807, 2.05) is 0 Å². The highest BCUT2D eigenvalue weighted by Gasteiger charge is 2.01. The van der Waals surface area contributed by atoms with Gasteiger partial charge in [-0.2, -0.15) is 0 Å². The van der Waals surface area contributed by atoms with Crippen LogP contribution in [0.3, 0.4) is 0 Å². The molecule has 0 aliphatic heterocycles. The van der Waals surface area contributed by atoms with E-state index in [-0.39, 0.29) is 18.9 Å². The summed E-state index contributed by atoms with van der Waals surface area (Å²) < 4.78 is 0. The number of hydrogen-bond donors (Lipinski definition) is 1. The van der Waals surface area contributed by atoms with Gasteiger partial charge in [-0.15, -0.1) is 0 Å². The molecule has 0 radical (unpaired) electrons. The summed E-state index contributed by atoms with van der Waals surface area (Å²) >= 11 is 0.